The number of aromatic nitrogens is 2. The second-order valence-electron chi connectivity index (χ2n) is 2.56. The Balaban J connectivity index is 2.54. The van der Waals surface area contributed by atoms with E-state index in [1.54, 1.807) is 30.3 Å². The van der Waals surface area contributed by atoms with E-state index < -0.39 is 0 Å². The average Bonchev–Trinajstić information content (AvgIpc) is 2.20. The molecule has 1 radical (unpaired) electrons. The molecule has 1 heterocycles. The van der Waals surface area contributed by atoms with Crippen molar-refractivity contribution in [2.75, 3.05) is 0 Å². The lowest BCUT2D eigenvalue weighted by Crippen LogP contribution is -1.85. The standard InChI is InChI=1S/C10H7N2O/c13-10-6-2-1-4-8(10)9-5-3-7-11-12-9/h1-6,13H. The molecule has 0 unspecified atom stereocenters. The summed E-state index contributed by atoms with van der Waals surface area (Å²) < 4.78 is 0. The van der Waals surface area contributed by atoms with Crippen molar-refractivity contribution < 1.29 is 5.11 Å². The van der Waals surface area contributed by atoms with Gasteiger partial charge in [-0.2, -0.15) is 0 Å². The van der Waals surface area contributed by atoms with Crippen LogP contribution in [0.2, 0.25) is 0 Å². The summed E-state index contributed by atoms with van der Waals surface area (Å²) in [5.74, 6) is 0.211. The molecule has 0 aliphatic rings. The first-order valence-corrected chi connectivity index (χ1v) is 3.86. The molecule has 2 aromatic rings. The number of nitrogens with zero attached hydrogens (tertiary/aromatic N) is 2. The Morgan fingerprint density at radius 2 is 2.00 bits per heavy atom. The van der Waals surface area contributed by atoms with Gasteiger partial charge in [-0.1, -0.05) is 12.1 Å². The largest absolute Gasteiger partial charge is 0.507 e. The predicted molar refractivity (Wildman–Crippen MR) is 48.0 cm³/mol. The molecule has 0 fully saturated rings. The second-order valence-corrected chi connectivity index (χ2v) is 2.56. The molecule has 3 nitrogen and oxygen atoms in total. The van der Waals surface area contributed by atoms with E-state index in [0.29, 0.717) is 11.3 Å². The van der Waals surface area contributed by atoms with Crippen molar-refractivity contribution in [3.05, 3.63) is 42.6 Å². The SMILES string of the molecule is Oc1ccccc1-c1cc[c]nn1. The topological polar surface area (TPSA) is 46.0 Å². The monoisotopic (exact) mass is 171 g/mol. The first-order valence-electron chi connectivity index (χ1n) is 3.86. The number of hydrogen-bond acceptors (Lipinski definition) is 3. The minimum absolute atomic E-state index is 0.211. The summed E-state index contributed by atoms with van der Waals surface area (Å²) in [4.78, 5) is 0. The Morgan fingerprint density at radius 1 is 1.15 bits per heavy atom. The maximum atomic E-state index is 9.49. The second kappa shape index (κ2) is 3.23. The molecule has 3 heteroatoms. The van der Waals surface area contributed by atoms with Crippen molar-refractivity contribution >= 4 is 0 Å². The zero-order valence-corrected chi connectivity index (χ0v) is 6.81. The van der Waals surface area contributed by atoms with Gasteiger partial charge in [0.1, 0.15) is 11.9 Å². The van der Waals surface area contributed by atoms with Crippen LogP contribution in [-0.2, 0) is 0 Å². The van der Waals surface area contributed by atoms with Crippen LogP contribution >= 0.6 is 0 Å². The maximum absolute atomic E-state index is 9.49. The zero-order valence-electron chi connectivity index (χ0n) is 6.81. The maximum Gasteiger partial charge on any atom is 0.125 e. The fourth-order valence-corrected chi connectivity index (χ4v) is 1.10. The van der Waals surface area contributed by atoms with Gasteiger partial charge in [-0.05, 0) is 24.3 Å². The van der Waals surface area contributed by atoms with E-state index in [4.69, 9.17) is 0 Å². The number of para-hydroxylation sites is 1. The molecule has 63 valence electrons. The molecule has 0 aliphatic heterocycles. The number of aromatic hydroxyl groups is 1. The third-order valence-electron chi connectivity index (χ3n) is 1.71. The molecule has 1 N–H and O–H groups in total. The molecule has 0 bridgehead atoms. The van der Waals surface area contributed by atoms with Crippen LogP contribution in [0.3, 0.4) is 0 Å². The minimum atomic E-state index is 0.211. The van der Waals surface area contributed by atoms with E-state index in [2.05, 4.69) is 16.4 Å². The summed E-state index contributed by atoms with van der Waals surface area (Å²) in [6.07, 6.45) is 2.58. The Bertz CT molecular complexity index is 401. The van der Waals surface area contributed by atoms with E-state index in [9.17, 15) is 5.11 Å². The Kier molecular flexibility index (Phi) is 1.92. The molecule has 0 saturated heterocycles. The Labute approximate surface area is 75.7 Å². The van der Waals surface area contributed by atoms with E-state index in [1.165, 1.54) is 0 Å². The van der Waals surface area contributed by atoms with Crippen LogP contribution in [0.5, 0.6) is 5.75 Å². The van der Waals surface area contributed by atoms with E-state index in [1.807, 2.05) is 6.07 Å². The summed E-state index contributed by atoms with van der Waals surface area (Å²) in [6, 6.07) is 10.4. The number of rotatable bonds is 1. The minimum Gasteiger partial charge on any atom is -0.507 e. The van der Waals surface area contributed by atoms with Gasteiger partial charge in [0.05, 0.1) is 5.69 Å². The fraction of sp³-hybridized carbons (Fsp3) is 0. The third kappa shape index (κ3) is 1.49. The molecule has 13 heavy (non-hydrogen) atoms. The number of hydrogen-bond donors (Lipinski definition) is 1. The molecule has 1 aromatic heterocycles. The van der Waals surface area contributed by atoms with Gasteiger partial charge in [-0.3, -0.25) is 0 Å². The van der Waals surface area contributed by atoms with Crippen molar-refractivity contribution in [1.82, 2.24) is 10.2 Å². The predicted octanol–water partition coefficient (Wildman–Crippen LogP) is 1.65. The van der Waals surface area contributed by atoms with Crippen LogP contribution in [-0.4, -0.2) is 15.3 Å². The molecule has 0 spiro atoms. The van der Waals surface area contributed by atoms with E-state index >= 15 is 0 Å². The van der Waals surface area contributed by atoms with Crippen molar-refractivity contribution in [2.24, 2.45) is 0 Å². The van der Waals surface area contributed by atoms with Crippen LogP contribution in [0.4, 0.5) is 0 Å². The molecule has 0 atom stereocenters. The van der Waals surface area contributed by atoms with Crippen LogP contribution in [0.1, 0.15) is 0 Å². The first kappa shape index (κ1) is 7.73. The van der Waals surface area contributed by atoms with Crippen LogP contribution in [0.15, 0.2) is 36.4 Å². The van der Waals surface area contributed by atoms with Gasteiger partial charge in [-0.15, -0.1) is 10.2 Å². The van der Waals surface area contributed by atoms with Crippen LogP contribution in [0, 0.1) is 6.20 Å². The molecular formula is C10H7N2O. The number of phenolic OH excluding ortho intramolecular Hbond substituents is 1. The van der Waals surface area contributed by atoms with E-state index in [-0.39, 0.29) is 5.75 Å². The van der Waals surface area contributed by atoms with Crippen molar-refractivity contribution in [3.63, 3.8) is 0 Å². The summed E-state index contributed by atoms with van der Waals surface area (Å²) >= 11 is 0. The molecule has 0 amide bonds. The first-order chi connectivity index (χ1) is 6.38. The average molecular weight is 171 g/mol. The third-order valence-corrected chi connectivity index (χ3v) is 1.71. The Hall–Kier alpha value is -1.90. The van der Waals surface area contributed by atoms with Crippen LogP contribution in [0.25, 0.3) is 11.3 Å². The normalized spacial score (nSPS) is 9.85. The van der Waals surface area contributed by atoms with Gasteiger partial charge >= 0.3 is 0 Å². The summed E-state index contributed by atoms with van der Waals surface area (Å²) in [5.41, 5.74) is 1.33. The summed E-state index contributed by atoms with van der Waals surface area (Å²) in [5, 5.41) is 16.9. The van der Waals surface area contributed by atoms with Gasteiger partial charge in [0, 0.05) is 5.56 Å². The smallest absolute Gasteiger partial charge is 0.125 e. The summed E-state index contributed by atoms with van der Waals surface area (Å²) in [7, 11) is 0. The van der Waals surface area contributed by atoms with E-state index in [0.717, 1.165) is 0 Å². The van der Waals surface area contributed by atoms with Crippen LogP contribution < -0.4 is 0 Å². The number of phenols is 1. The lowest BCUT2D eigenvalue weighted by molar-refractivity contribution is 0.477. The Morgan fingerprint density at radius 3 is 2.69 bits per heavy atom. The van der Waals surface area contributed by atoms with Crippen molar-refractivity contribution in [1.29, 1.82) is 0 Å². The van der Waals surface area contributed by atoms with Gasteiger partial charge in [0.25, 0.3) is 0 Å². The molecule has 1 aromatic carbocycles. The van der Waals surface area contributed by atoms with Gasteiger partial charge in [0.2, 0.25) is 0 Å². The molecule has 0 saturated carbocycles. The molecular weight excluding hydrogens is 164 g/mol. The van der Waals surface area contributed by atoms with Gasteiger partial charge in [-0.25, -0.2) is 0 Å². The van der Waals surface area contributed by atoms with Crippen molar-refractivity contribution in [2.45, 2.75) is 0 Å². The highest BCUT2D eigenvalue weighted by Crippen LogP contribution is 2.25. The van der Waals surface area contributed by atoms with Gasteiger partial charge < -0.3 is 5.11 Å². The highest BCUT2D eigenvalue weighted by molar-refractivity contribution is 5.65. The lowest BCUT2D eigenvalue weighted by Gasteiger charge is -2.00. The number of benzene rings is 1. The highest BCUT2D eigenvalue weighted by Gasteiger charge is 2.02. The van der Waals surface area contributed by atoms with Crippen molar-refractivity contribution in [3.8, 4) is 17.0 Å². The molecule has 0 aliphatic carbocycles. The lowest BCUT2D eigenvalue weighted by atomic mass is 10.1. The quantitative estimate of drug-likeness (QED) is 0.709. The molecule has 2 rings (SSSR count). The van der Waals surface area contributed by atoms with Gasteiger partial charge in [0.15, 0.2) is 0 Å². The highest BCUT2D eigenvalue weighted by atomic mass is 16.3. The fourth-order valence-electron chi connectivity index (χ4n) is 1.10. The summed E-state index contributed by atoms with van der Waals surface area (Å²) in [6.45, 7) is 0. The zero-order chi connectivity index (χ0) is 9.10.